The molecular formula is C16H16BrNO3. The van der Waals surface area contributed by atoms with Crippen LogP contribution in [-0.4, -0.2) is 20.1 Å². The second kappa shape index (κ2) is 7.13. The summed E-state index contributed by atoms with van der Waals surface area (Å²) in [5, 5.41) is 2.84. The number of anilines is 1. The van der Waals surface area contributed by atoms with Crippen LogP contribution in [0.1, 0.15) is 5.56 Å². The van der Waals surface area contributed by atoms with Crippen molar-refractivity contribution in [2.45, 2.75) is 6.42 Å². The number of carbonyl (C=O) groups excluding carboxylic acids is 1. The normalized spacial score (nSPS) is 10.0. The molecule has 0 aliphatic carbocycles. The zero-order valence-corrected chi connectivity index (χ0v) is 13.4. The average Bonchev–Trinajstić information content (AvgIpc) is 2.49. The molecule has 1 N–H and O–H groups in total. The summed E-state index contributed by atoms with van der Waals surface area (Å²) < 4.78 is 11.4. The van der Waals surface area contributed by atoms with Crippen LogP contribution < -0.4 is 14.8 Å². The van der Waals surface area contributed by atoms with Crippen LogP contribution in [0.15, 0.2) is 46.9 Å². The molecule has 0 heterocycles. The largest absolute Gasteiger partial charge is 0.493 e. The van der Waals surface area contributed by atoms with E-state index in [1.165, 1.54) is 0 Å². The fraction of sp³-hybridized carbons (Fsp3) is 0.188. The molecule has 0 radical (unpaired) electrons. The Labute approximate surface area is 132 Å². The Morgan fingerprint density at radius 2 is 1.71 bits per heavy atom. The minimum Gasteiger partial charge on any atom is -0.493 e. The predicted molar refractivity (Wildman–Crippen MR) is 86.0 cm³/mol. The molecule has 1 amide bonds. The van der Waals surface area contributed by atoms with Gasteiger partial charge in [0.15, 0.2) is 11.5 Å². The van der Waals surface area contributed by atoms with E-state index in [1.54, 1.807) is 32.4 Å². The fourth-order valence-corrected chi connectivity index (χ4v) is 2.17. The molecular weight excluding hydrogens is 334 g/mol. The zero-order chi connectivity index (χ0) is 15.2. The van der Waals surface area contributed by atoms with Crippen molar-refractivity contribution in [3.8, 4) is 11.5 Å². The number of hydrogen-bond donors (Lipinski definition) is 1. The van der Waals surface area contributed by atoms with E-state index in [1.807, 2.05) is 24.3 Å². The Bertz CT molecular complexity index is 626. The lowest BCUT2D eigenvalue weighted by Crippen LogP contribution is -2.14. The average molecular weight is 350 g/mol. The van der Waals surface area contributed by atoms with E-state index in [4.69, 9.17) is 9.47 Å². The summed E-state index contributed by atoms with van der Waals surface area (Å²) in [4.78, 5) is 12.0. The van der Waals surface area contributed by atoms with Gasteiger partial charge in [0, 0.05) is 16.2 Å². The summed E-state index contributed by atoms with van der Waals surface area (Å²) in [6.07, 6.45) is 0.321. The van der Waals surface area contributed by atoms with Gasteiger partial charge in [0.05, 0.1) is 20.6 Å². The first kappa shape index (κ1) is 15.4. The van der Waals surface area contributed by atoms with Crippen LogP contribution in [0.25, 0.3) is 0 Å². The van der Waals surface area contributed by atoms with Crippen LogP contribution in [0.5, 0.6) is 11.5 Å². The monoisotopic (exact) mass is 349 g/mol. The summed E-state index contributed by atoms with van der Waals surface area (Å²) in [6.45, 7) is 0. The lowest BCUT2D eigenvalue weighted by Gasteiger charge is -2.10. The Balaban J connectivity index is 2.04. The molecule has 110 valence electrons. The van der Waals surface area contributed by atoms with Crippen molar-refractivity contribution < 1.29 is 14.3 Å². The number of ether oxygens (including phenoxy) is 2. The van der Waals surface area contributed by atoms with Crippen LogP contribution >= 0.6 is 15.9 Å². The highest BCUT2D eigenvalue weighted by molar-refractivity contribution is 9.10. The zero-order valence-electron chi connectivity index (χ0n) is 11.9. The van der Waals surface area contributed by atoms with Crippen LogP contribution in [0.4, 0.5) is 5.69 Å². The summed E-state index contributed by atoms with van der Waals surface area (Å²) in [7, 11) is 3.13. The minimum atomic E-state index is -0.0791. The van der Waals surface area contributed by atoms with E-state index in [2.05, 4.69) is 21.2 Å². The molecule has 0 saturated carbocycles. The molecule has 0 aliphatic rings. The second-order valence-corrected chi connectivity index (χ2v) is 5.34. The van der Waals surface area contributed by atoms with Gasteiger partial charge >= 0.3 is 0 Å². The summed E-state index contributed by atoms with van der Waals surface area (Å²) in [6, 6.07) is 12.9. The Morgan fingerprint density at radius 3 is 2.33 bits per heavy atom. The molecule has 0 saturated heterocycles. The molecule has 21 heavy (non-hydrogen) atoms. The van der Waals surface area contributed by atoms with Gasteiger partial charge in [-0.25, -0.2) is 0 Å². The Morgan fingerprint density at radius 1 is 1.05 bits per heavy atom. The van der Waals surface area contributed by atoms with Gasteiger partial charge in [-0.3, -0.25) is 4.79 Å². The maximum Gasteiger partial charge on any atom is 0.228 e. The van der Waals surface area contributed by atoms with Crippen LogP contribution in [0, 0.1) is 0 Å². The topological polar surface area (TPSA) is 47.6 Å². The maximum atomic E-state index is 12.0. The van der Waals surface area contributed by atoms with Crippen LogP contribution in [0.2, 0.25) is 0 Å². The SMILES string of the molecule is COc1ccc(NC(=O)Cc2ccc(Br)cc2)cc1OC. The highest BCUT2D eigenvalue weighted by Gasteiger charge is 2.08. The Hall–Kier alpha value is -2.01. The van der Waals surface area contributed by atoms with Gasteiger partial charge in [-0.1, -0.05) is 28.1 Å². The molecule has 0 aliphatic heterocycles. The van der Waals surface area contributed by atoms with E-state index in [0.29, 0.717) is 23.6 Å². The maximum absolute atomic E-state index is 12.0. The molecule has 0 spiro atoms. The van der Waals surface area contributed by atoms with Gasteiger partial charge in [-0.2, -0.15) is 0 Å². The van der Waals surface area contributed by atoms with E-state index in [0.717, 1.165) is 10.0 Å². The quantitative estimate of drug-likeness (QED) is 0.896. The van der Waals surface area contributed by atoms with Gasteiger partial charge in [0.25, 0.3) is 0 Å². The highest BCUT2D eigenvalue weighted by Crippen LogP contribution is 2.29. The number of hydrogen-bond acceptors (Lipinski definition) is 3. The summed E-state index contributed by atoms with van der Waals surface area (Å²) >= 11 is 3.37. The van der Waals surface area contributed by atoms with E-state index >= 15 is 0 Å². The summed E-state index contributed by atoms with van der Waals surface area (Å²) in [5.41, 5.74) is 1.63. The van der Waals surface area contributed by atoms with Crippen molar-refractivity contribution in [2.75, 3.05) is 19.5 Å². The summed E-state index contributed by atoms with van der Waals surface area (Å²) in [5.74, 6) is 1.13. The first-order chi connectivity index (χ1) is 10.1. The number of halogens is 1. The van der Waals surface area contributed by atoms with Gasteiger partial charge in [-0.15, -0.1) is 0 Å². The van der Waals surface area contributed by atoms with Gasteiger partial charge in [-0.05, 0) is 29.8 Å². The number of rotatable bonds is 5. The second-order valence-electron chi connectivity index (χ2n) is 4.42. The Kier molecular flexibility index (Phi) is 5.22. The number of amides is 1. The lowest BCUT2D eigenvalue weighted by molar-refractivity contribution is -0.115. The van der Waals surface area contributed by atoms with Crippen molar-refractivity contribution in [1.29, 1.82) is 0 Å². The number of methoxy groups -OCH3 is 2. The predicted octanol–water partition coefficient (Wildman–Crippen LogP) is 3.65. The van der Waals surface area contributed by atoms with Crippen molar-refractivity contribution in [2.24, 2.45) is 0 Å². The molecule has 2 aromatic rings. The van der Waals surface area contributed by atoms with E-state index in [9.17, 15) is 4.79 Å². The number of carbonyl (C=O) groups is 1. The third kappa shape index (κ3) is 4.23. The first-order valence-electron chi connectivity index (χ1n) is 6.38. The third-order valence-electron chi connectivity index (χ3n) is 2.95. The molecule has 2 rings (SSSR count). The molecule has 0 atom stereocenters. The highest BCUT2D eigenvalue weighted by atomic mass is 79.9. The van der Waals surface area contributed by atoms with Gasteiger partial charge in [0.2, 0.25) is 5.91 Å². The minimum absolute atomic E-state index is 0.0791. The number of nitrogens with one attached hydrogen (secondary N) is 1. The molecule has 0 bridgehead atoms. The smallest absolute Gasteiger partial charge is 0.228 e. The molecule has 2 aromatic carbocycles. The van der Waals surface area contributed by atoms with Crippen molar-refractivity contribution in [3.05, 3.63) is 52.5 Å². The molecule has 0 unspecified atom stereocenters. The first-order valence-corrected chi connectivity index (χ1v) is 7.18. The fourth-order valence-electron chi connectivity index (χ4n) is 1.91. The molecule has 4 nitrogen and oxygen atoms in total. The van der Waals surface area contributed by atoms with Crippen LogP contribution in [0.3, 0.4) is 0 Å². The number of benzene rings is 2. The molecule has 0 fully saturated rings. The van der Waals surface area contributed by atoms with Crippen LogP contribution in [-0.2, 0) is 11.2 Å². The molecule has 0 aromatic heterocycles. The van der Waals surface area contributed by atoms with Gasteiger partial charge in [0.1, 0.15) is 0 Å². The van der Waals surface area contributed by atoms with E-state index in [-0.39, 0.29) is 5.91 Å². The van der Waals surface area contributed by atoms with Crippen molar-refractivity contribution >= 4 is 27.5 Å². The lowest BCUT2D eigenvalue weighted by atomic mass is 10.1. The standard InChI is InChI=1S/C16H16BrNO3/c1-20-14-8-7-13(10-15(14)21-2)18-16(19)9-11-3-5-12(17)6-4-11/h3-8,10H,9H2,1-2H3,(H,18,19). The third-order valence-corrected chi connectivity index (χ3v) is 3.47. The van der Waals surface area contributed by atoms with Crippen molar-refractivity contribution in [1.82, 2.24) is 0 Å². The van der Waals surface area contributed by atoms with Gasteiger partial charge < -0.3 is 14.8 Å². The van der Waals surface area contributed by atoms with E-state index < -0.39 is 0 Å². The van der Waals surface area contributed by atoms with Crippen molar-refractivity contribution in [3.63, 3.8) is 0 Å². The molecule has 5 heteroatoms.